The highest BCUT2D eigenvalue weighted by atomic mass is 16.6. The molecule has 0 spiro atoms. The summed E-state index contributed by atoms with van der Waals surface area (Å²) in [6, 6.07) is 18.0. The fourth-order valence-electron chi connectivity index (χ4n) is 8.53. The number of aliphatic hydroxyl groups excluding tert-OH is 3. The molecule has 0 radical (unpaired) electrons. The van der Waals surface area contributed by atoms with Gasteiger partial charge < -0.3 is 45.5 Å². The summed E-state index contributed by atoms with van der Waals surface area (Å²) >= 11 is 0. The van der Waals surface area contributed by atoms with Crippen molar-refractivity contribution in [2.75, 3.05) is 26.2 Å². The van der Waals surface area contributed by atoms with Crippen LogP contribution in [0.4, 0.5) is 0 Å². The molecule has 4 unspecified atom stereocenters. The molecule has 6 N–H and O–H groups in total. The van der Waals surface area contributed by atoms with E-state index in [1.807, 2.05) is 57.2 Å². The van der Waals surface area contributed by atoms with Gasteiger partial charge in [0.25, 0.3) is 0 Å². The predicted molar refractivity (Wildman–Crippen MR) is 213 cm³/mol. The Morgan fingerprint density at radius 2 is 0.965 bits per heavy atom. The molecule has 3 amide bonds. The number of aliphatic hydroxyl groups is 3. The molecule has 0 bridgehead atoms. The SMILES string of the molecule is CCC(=O)NC[C@@H]1CC1c1cccc2c1C(O)CO2.CCC(=O)NC[C@@H]1CC1c1cccc2c1C[C@@H](O)O2.CCC(=O)NC[C@@H]1CC1c1cccc2c1C[C@H](O)O2. The van der Waals surface area contributed by atoms with Gasteiger partial charge in [-0.2, -0.15) is 0 Å². The first-order valence-corrected chi connectivity index (χ1v) is 20.7. The van der Waals surface area contributed by atoms with Crippen LogP contribution in [-0.2, 0) is 27.2 Å². The molecule has 6 aliphatic rings. The van der Waals surface area contributed by atoms with E-state index in [1.54, 1.807) is 0 Å². The van der Waals surface area contributed by atoms with Crippen molar-refractivity contribution in [3.63, 3.8) is 0 Å². The van der Waals surface area contributed by atoms with Gasteiger partial charge in [0, 0.05) is 68.4 Å². The van der Waals surface area contributed by atoms with E-state index in [-0.39, 0.29) is 17.7 Å². The third-order valence-corrected chi connectivity index (χ3v) is 12.1. The van der Waals surface area contributed by atoms with Gasteiger partial charge in [-0.15, -0.1) is 0 Å². The zero-order chi connectivity index (χ0) is 40.2. The van der Waals surface area contributed by atoms with E-state index in [2.05, 4.69) is 34.1 Å². The van der Waals surface area contributed by atoms with Crippen LogP contribution in [0.2, 0.25) is 0 Å². The summed E-state index contributed by atoms with van der Waals surface area (Å²) in [6.07, 6.45) is 4.16. The van der Waals surface area contributed by atoms with E-state index in [4.69, 9.17) is 14.2 Å². The van der Waals surface area contributed by atoms with Crippen molar-refractivity contribution < 1.29 is 43.9 Å². The summed E-state index contributed by atoms with van der Waals surface area (Å²) < 4.78 is 16.2. The number of hydrogen-bond donors (Lipinski definition) is 6. The van der Waals surface area contributed by atoms with E-state index < -0.39 is 18.7 Å². The van der Waals surface area contributed by atoms with Crippen LogP contribution in [-0.4, -0.2) is 71.9 Å². The molecular formula is C45H57N3O9. The lowest BCUT2D eigenvalue weighted by Gasteiger charge is -2.09. The van der Waals surface area contributed by atoms with Gasteiger partial charge in [-0.3, -0.25) is 14.4 Å². The number of fused-ring (bicyclic) bond motifs is 3. The van der Waals surface area contributed by atoms with Gasteiger partial charge in [0.15, 0.2) is 0 Å². The summed E-state index contributed by atoms with van der Waals surface area (Å²) in [6.45, 7) is 8.19. The van der Waals surface area contributed by atoms with Gasteiger partial charge in [-0.05, 0) is 89.7 Å². The minimum atomic E-state index is -0.701. The Labute approximate surface area is 334 Å². The van der Waals surface area contributed by atoms with Crippen LogP contribution in [0.5, 0.6) is 17.2 Å². The van der Waals surface area contributed by atoms with Crippen LogP contribution in [0.25, 0.3) is 0 Å². The lowest BCUT2D eigenvalue weighted by Crippen LogP contribution is -2.24. The first-order valence-electron chi connectivity index (χ1n) is 20.7. The number of amides is 3. The molecule has 12 heteroatoms. The van der Waals surface area contributed by atoms with Crippen molar-refractivity contribution in [1.29, 1.82) is 0 Å². The van der Waals surface area contributed by atoms with Crippen LogP contribution in [0, 0.1) is 17.8 Å². The molecule has 12 nitrogen and oxygen atoms in total. The summed E-state index contributed by atoms with van der Waals surface area (Å²) in [7, 11) is 0. The van der Waals surface area contributed by atoms with Crippen LogP contribution < -0.4 is 30.2 Å². The van der Waals surface area contributed by atoms with E-state index in [0.29, 0.717) is 74.2 Å². The zero-order valence-corrected chi connectivity index (χ0v) is 33.2. The fraction of sp³-hybridized carbons (Fsp3) is 0.533. The Morgan fingerprint density at radius 1 is 0.579 bits per heavy atom. The second kappa shape index (κ2) is 17.9. The maximum Gasteiger partial charge on any atom is 0.219 e. The molecule has 0 aromatic heterocycles. The maximum absolute atomic E-state index is 11.3. The summed E-state index contributed by atoms with van der Waals surface area (Å²) in [4.78, 5) is 33.8. The lowest BCUT2D eigenvalue weighted by molar-refractivity contribution is -0.121. The van der Waals surface area contributed by atoms with Crippen LogP contribution in [0.15, 0.2) is 54.6 Å². The molecule has 3 saturated carbocycles. The number of hydrogen-bond acceptors (Lipinski definition) is 9. The van der Waals surface area contributed by atoms with Crippen LogP contribution >= 0.6 is 0 Å². The highest BCUT2D eigenvalue weighted by Gasteiger charge is 2.43. The molecule has 3 heterocycles. The third kappa shape index (κ3) is 9.73. The Kier molecular flexibility index (Phi) is 12.7. The monoisotopic (exact) mass is 783 g/mol. The molecule has 3 aromatic carbocycles. The standard InChI is InChI=1S/3C15H19NO3/c2*1-2-14(17)16-8-9-6-11(9)10-4-3-5-13-12(10)7-15(18)19-13;1-2-14(18)16-7-9-6-11(9)10-4-3-5-13-15(10)12(17)8-19-13/h2*3-5,9,11,15,18H,2,6-8H2,1H3,(H,16,17);3-5,9,11-12,17H,2,6-8H2,1H3,(H,16,18)/t9-,11?,15+;9-,11?,15-;9-,11?,12?/m000/s1. The Bertz CT molecular complexity index is 1840. The summed E-state index contributed by atoms with van der Waals surface area (Å²) in [5, 5.41) is 38.0. The first-order chi connectivity index (χ1) is 27.6. The zero-order valence-electron chi connectivity index (χ0n) is 33.2. The van der Waals surface area contributed by atoms with Gasteiger partial charge in [0.1, 0.15) is 30.0 Å². The van der Waals surface area contributed by atoms with Crippen molar-refractivity contribution in [3.05, 3.63) is 88.0 Å². The molecule has 3 aliphatic carbocycles. The van der Waals surface area contributed by atoms with Crippen molar-refractivity contribution >= 4 is 17.7 Å². The second-order valence-electron chi connectivity index (χ2n) is 16.1. The average Bonchev–Trinajstić information content (AvgIpc) is 4.17. The summed E-state index contributed by atoms with van der Waals surface area (Å²) in [5.74, 6) is 5.77. The minimum Gasteiger partial charge on any atom is -0.490 e. The third-order valence-electron chi connectivity index (χ3n) is 12.1. The number of nitrogens with one attached hydrogen (secondary N) is 3. The number of rotatable bonds is 12. The largest absolute Gasteiger partial charge is 0.490 e. The van der Waals surface area contributed by atoms with Crippen molar-refractivity contribution in [1.82, 2.24) is 16.0 Å². The van der Waals surface area contributed by atoms with Crippen molar-refractivity contribution in [2.24, 2.45) is 17.8 Å². The first kappa shape index (κ1) is 40.5. The molecular weight excluding hydrogens is 727 g/mol. The molecule has 306 valence electrons. The van der Waals surface area contributed by atoms with Crippen molar-refractivity contribution in [3.8, 4) is 17.2 Å². The van der Waals surface area contributed by atoms with Crippen LogP contribution in [0.3, 0.4) is 0 Å². The summed E-state index contributed by atoms with van der Waals surface area (Å²) in [5.41, 5.74) is 7.00. The smallest absolute Gasteiger partial charge is 0.219 e. The van der Waals surface area contributed by atoms with Gasteiger partial charge >= 0.3 is 0 Å². The topological polar surface area (TPSA) is 176 Å². The lowest BCUT2D eigenvalue weighted by atomic mass is 9.98. The second-order valence-corrected chi connectivity index (χ2v) is 16.1. The normalized spacial score (nSPS) is 27.6. The molecule has 9 rings (SSSR count). The molecule has 3 fully saturated rings. The quantitative estimate of drug-likeness (QED) is 0.150. The maximum atomic E-state index is 11.3. The van der Waals surface area contributed by atoms with Crippen LogP contribution in [0.1, 0.15) is 117 Å². The fourth-order valence-corrected chi connectivity index (χ4v) is 8.53. The van der Waals surface area contributed by atoms with E-state index in [0.717, 1.165) is 72.8 Å². The van der Waals surface area contributed by atoms with Gasteiger partial charge in [-0.1, -0.05) is 57.2 Å². The van der Waals surface area contributed by atoms with E-state index in [9.17, 15) is 29.7 Å². The Morgan fingerprint density at radius 3 is 1.39 bits per heavy atom. The Hall–Kier alpha value is -4.65. The molecule has 3 aromatic rings. The molecule has 57 heavy (non-hydrogen) atoms. The highest BCUT2D eigenvalue weighted by Crippen LogP contribution is 2.53. The van der Waals surface area contributed by atoms with Gasteiger partial charge in [-0.25, -0.2) is 0 Å². The number of carbonyl (C=O) groups is 3. The Balaban J connectivity index is 0.000000131. The molecule has 9 atom stereocenters. The molecule has 0 saturated heterocycles. The number of ether oxygens (including phenoxy) is 3. The van der Waals surface area contributed by atoms with E-state index in [1.165, 1.54) is 16.7 Å². The highest BCUT2D eigenvalue weighted by molar-refractivity contribution is 5.76. The minimum absolute atomic E-state index is 0.104. The van der Waals surface area contributed by atoms with Gasteiger partial charge in [0.05, 0.1) is 0 Å². The number of carbonyl (C=O) groups excluding carboxylic acids is 3. The van der Waals surface area contributed by atoms with Gasteiger partial charge in [0.2, 0.25) is 30.3 Å². The van der Waals surface area contributed by atoms with Crippen molar-refractivity contribution in [2.45, 2.75) is 109 Å². The van der Waals surface area contributed by atoms with E-state index >= 15 is 0 Å². The average molecular weight is 784 g/mol. The predicted octanol–water partition coefficient (Wildman–Crippen LogP) is 4.88. The molecule has 3 aliphatic heterocycles. The number of benzene rings is 3.